The summed E-state index contributed by atoms with van der Waals surface area (Å²) < 4.78 is 1.32. The van der Waals surface area contributed by atoms with E-state index in [-0.39, 0.29) is 12.1 Å². The number of aromatic nitrogens is 6. The standard InChI is InChI=1S/C11H15N7O/c1-17-15-10(14-16-17)7-18-11(19)5-9(6-12-18)13-8-3-2-4-8/h5-6,8,13H,2-4,7H2,1H3. The van der Waals surface area contributed by atoms with Crippen molar-refractivity contribution >= 4 is 5.69 Å². The van der Waals surface area contributed by atoms with Crippen molar-refractivity contribution in [3.63, 3.8) is 0 Å². The van der Waals surface area contributed by atoms with Crippen LogP contribution in [0.5, 0.6) is 0 Å². The third-order valence-corrected chi connectivity index (χ3v) is 3.19. The molecule has 19 heavy (non-hydrogen) atoms. The second-order valence-electron chi connectivity index (χ2n) is 4.71. The number of nitrogens with zero attached hydrogens (tertiary/aromatic N) is 6. The van der Waals surface area contributed by atoms with E-state index in [2.05, 4.69) is 25.8 Å². The highest BCUT2D eigenvalue weighted by Gasteiger charge is 2.17. The Labute approximate surface area is 109 Å². The minimum absolute atomic E-state index is 0.170. The molecule has 1 aliphatic rings. The predicted molar refractivity (Wildman–Crippen MR) is 67.7 cm³/mol. The van der Waals surface area contributed by atoms with Crippen LogP contribution in [0.3, 0.4) is 0 Å². The van der Waals surface area contributed by atoms with Crippen molar-refractivity contribution in [2.45, 2.75) is 31.8 Å². The maximum absolute atomic E-state index is 11.9. The Morgan fingerprint density at radius 3 is 2.89 bits per heavy atom. The van der Waals surface area contributed by atoms with Crippen LogP contribution in [0.2, 0.25) is 0 Å². The Kier molecular flexibility index (Phi) is 2.98. The van der Waals surface area contributed by atoms with Crippen molar-refractivity contribution in [1.29, 1.82) is 0 Å². The zero-order valence-corrected chi connectivity index (χ0v) is 10.7. The lowest BCUT2D eigenvalue weighted by Gasteiger charge is -2.27. The highest BCUT2D eigenvalue weighted by molar-refractivity contribution is 5.40. The Hall–Kier alpha value is -2.25. The van der Waals surface area contributed by atoms with Crippen LogP contribution < -0.4 is 10.9 Å². The fraction of sp³-hybridized carbons (Fsp3) is 0.545. The van der Waals surface area contributed by atoms with Crippen molar-refractivity contribution in [2.24, 2.45) is 7.05 Å². The first-order valence-electron chi connectivity index (χ1n) is 6.27. The summed E-state index contributed by atoms with van der Waals surface area (Å²) in [5.74, 6) is 0.469. The minimum atomic E-state index is -0.170. The molecule has 0 radical (unpaired) electrons. The molecule has 1 fully saturated rings. The third kappa shape index (κ3) is 2.61. The molecular weight excluding hydrogens is 246 g/mol. The van der Waals surface area contributed by atoms with Crippen LogP contribution in [-0.4, -0.2) is 36.0 Å². The smallest absolute Gasteiger partial charge is 0.269 e. The molecule has 0 atom stereocenters. The van der Waals surface area contributed by atoms with Crippen LogP contribution in [-0.2, 0) is 13.6 Å². The Morgan fingerprint density at radius 2 is 2.32 bits per heavy atom. The molecule has 8 nitrogen and oxygen atoms in total. The number of hydrogen-bond acceptors (Lipinski definition) is 6. The molecule has 0 aromatic carbocycles. The number of anilines is 1. The van der Waals surface area contributed by atoms with Gasteiger partial charge in [0.25, 0.3) is 5.56 Å². The van der Waals surface area contributed by atoms with E-state index in [0.29, 0.717) is 11.9 Å². The van der Waals surface area contributed by atoms with Gasteiger partial charge in [-0.2, -0.15) is 9.90 Å². The molecule has 100 valence electrons. The second kappa shape index (κ2) is 4.79. The first-order valence-corrected chi connectivity index (χ1v) is 6.27. The maximum Gasteiger partial charge on any atom is 0.269 e. The van der Waals surface area contributed by atoms with Gasteiger partial charge in [-0.05, 0) is 24.5 Å². The van der Waals surface area contributed by atoms with Gasteiger partial charge in [-0.25, -0.2) is 4.68 Å². The molecule has 8 heteroatoms. The van der Waals surface area contributed by atoms with Gasteiger partial charge in [0, 0.05) is 12.1 Å². The molecule has 0 unspecified atom stereocenters. The summed E-state index contributed by atoms with van der Waals surface area (Å²) in [5, 5.41) is 19.0. The second-order valence-corrected chi connectivity index (χ2v) is 4.71. The highest BCUT2D eigenvalue weighted by Crippen LogP contribution is 2.21. The zero-order chi connectivity index (χ0) is 13.2. The molecule has 0 bridgehead atoms. The first-order chi connectivity index (χ1) is 9.20. The summed E-state index contributed by atoms with van der Waals surface area (Å²) in [7, 11) is 1.68. The monoisotopic (exact) mass is 261 g/mol. The van der Waals surface area contributed by atoms with Crippen molar-refractivity contribution in [3.8, 4) is 0 Å². The molecule has 1 aliphatic carbocycles. The van der Waals surface area contributed by atoms with E-state index in [0.717, 1.165) is 18.5 Å². The molecule has 2 heterocycles. The summed E-state index contributed by atoms with van der Waals surface area (Å²) in [4.78, 5) is 13.3. The SMILES string of the molecule is Cn1nnc(Cn2ncc(NC3CCC3)cc2=O)n1. The van der Waals surface area contributed by atoms with Gasteiger partial charge < -0.3 is 5.32 Å². The number of aryl methyl sites for hydroxylation is 1. The molecule has 0 spiro atoms. The maximum atomic E-state index is 11.9. The van der Waals surface area contributed by atoms with Gasteiger partial charge >= 0.3 is 0 Å². The summed E-state index contributed by atoms with van der Waals surface area (Å²) in [6, 6.07) is 2.04. The van der Waals surface area contributed by atoms with Crippen molar-refractivity contribution in [3.05, 3.63) is 28.4 Å². The van der Waals surface area contributed by atoms with Crippen LogP contribution in [0.4, 0.5) is 5.69 Å². The topological polar surface area (TPSA) is 90.5 Å². The number of nitrogens with one attached hydrogen (secondary N) is 1. The molecule has 0 aliphatic heterocycles. The summed E-state index contributed by atoms with van der Waals surface area (Å²) >= 11 is 0. The fourth-order valence-corrected chi connectivity index (χ4v) is 1.94. The van der Waals surface area contributed by atoms with Crippen LogP contribution in [0, 0.1) is 0 Å². The molecule has 0 saturated heterocycles. The number of hydrogen-bond donors (Lipinski definition) is 1. The summed E-state index contributed by atoms with van der Waals surface area (Å²) in [6.45, 7) is 0.233. The van der Waals surface area contributed by atoms with Gasteiger partial charge in [0.1, 0.15) is 6.54 Å². The lowest BCUT2D eigenvalue weighted by molar-refractivity contribution is 0.445. The van der Waals surface area contributed by atoms with Crippen LogP contribution >= 0.6 is 0 Å². The Morgan fingerprint density at radius 1 is 1.47 bits per heavy atom. The largest absolute Gasteiger partial charge is 0.381 e. The number of rotatable bonds is 4. The lowest BCUT2D eigenvalue weighted by atomic mass is 9.93. The van der Waals surface area contributed by atoms with Gasteiger partial charge in [-0.3, -0.25) is 4.79 Å². The number of tetrazole rings is 1. The highest BCUT2D eigenvalue weighted by atomic mass is 16.1. The lowest BCUT2D eigenvalue weighted by Crippen LogP contribution is -2.29. The van der Waals surface area contributed by atoms with Crippen LogP contribution in [0.15, 0.2) is 17.1 Å². The van der Waals surface area contributed by atoms with E-state index in [1.165, 1.54) is 15.9 Å². The van der Waals surface area contributed by atoms with E-state index >= 15 is 0 Å². The van der Waals surface area contributed by atoms with Crippen LogP contribution in [0.25, 0.3) is 0 Å². The molecule has 3 rings (SSSR count). The average molecular weight is 261 g/mol. The van der Waals surface area contributed by atoms with Crippen LogP contribution in [0.1, 0.15) is 25.1 Å². The van der Waals surface area contributed by atoms with Crippen molar-refractivity contribution in [1.82, 2.24) is 30.0 Å². The summed E-state index contributed by atoms with van der Waals surface area (Å²) in [5.41, 5.74) is 0.606. The zero-order valence-electron chi connectivity index (χ0n) is 10.7. The predicted octanol–water partition coefficient (Wildman–Crippen LogP) is -0.221. The van der Waals surface area contributed by atoms with Gasteiger partial charge in [0.05, 0.1) is 18.9 Å². The van der Waals surface area contributed by atoms with Crippen molar-refractivity contribution < 1.29 is 0 Å². The Balaban J connectivity index is 1.73. The molecule has 1 N–H and O–H groups in total. The molecule has 0 amide bonds. The van der Waals surface area contributed by atoms with E-state index in [9.17, 15) is 4.79 Å². The van der Waals surface area contributed by atoms with Crippen molar-refractivity contribution in [2.75, 3.05) is 5.32 Å². The van der Waals surface area contributed by atoms with E-state index < -0.39 is 0 Å². The molecule has 1 saturated carbocycles. The fourth-order valence-electron chi connectivity index (χ4n) is 1.94. The quantitative estimate of drug-likeness (QED) is 0.818. The first kappa shape index (κ1) is 11.8. The molecule has 2 aromatic heterocycles. The van der Waals surface area contributed by atoms with Gasteiger partial charge in [-0.1, -0.05) is 0 Å². The van der Waals surface area contributed by atoms with Gasteiger partial charge in [0.2, 0.25) is 0 Å². The molecule has 2 aromatic rings. The van der Waals surface area contributed by atoms with E-state index in [4.69, 9.17) is 0 Å². The van der Waals surface area contributed by atoms with Gasteiger partial charge in [0.15, 0.2) is 5.82 Å². The minimum Gasteiger partial charge on any atom is -0.381 e. The Bertz CT molecular complexity index is 628. The van der Waals surface area contributed by atoms with E-state index in [1.807, 2.05) is 0 Å². The average Bonchev–Trinajstić information content (AvgIpc) is 2.73. The van der Waals surface area contributed by atoms with Gasteiger partial charge in [-0.15, -0.1) is 10.2 Å². The van der Waals surface area contributed by atoms with E-state index in [1.54, 1.807) is 19.3 Å². The molecular formula is C11H15N7O. The third-order valence-electron chi connectivity index (χ3n) is 3.19. The summed E-state index contributed by atoms with van der Waals surface area (Å²) in [6.07, 6.45) is 5.23. The normalized spacial score (nSPS) is 15.2.